The number of fused-ring (bicyclic) bond motifs is 1. The van der Waals surface area contributed by atoms with Gasteiger partial charge in [-0.05, 0) is 51.6 Å². The molecule has 0 N–H and O–H groups in total. The van der Waals surface area contributed by atoms with Crippen molar-refractivity contribution in [1.82, 2.24) is 0 Å². The average molecular weight is 402 g/mol. The van der Waals surface area contributed by atoms with Gasteiger partial charge in [0.15, 0.2) is 12.4 Å². The number of ether oxygens (including phenoxy) is 2. The number of Topliss-reactive ketones (excluding diaryl/α,β-unsaturated/α-hetero) is 1. The SMILES string of the molecule is COc1ccc2cc(/C=C/C(=O)OCC(=O)c3ccc(C(C)(C)C)cc3)ccc2c1. The van der Waals surface area contributed by atoms with Crippen molar-refractivity contribution >= 4 is 28.6 Å². The molecule has 0 amide bonds. The summed E-state index contributed by atoms with van der Waals surface area (Å²) in [6.45, 7) is 6.06. The van der Waals surface area contributed by atoms with E-state index in [1.165, 1.54) is 6.08 Å². The van der Waals surface area contributed by atoms with E-state index < -0.39 is 5.97 Å². The molecule has 0 bridgehead atoms. The van der Waals surface area contributed by atoms with Crippen LogP contribution in [0.5, 0.6) is 5.75 Å². The van der Waals surface area contributed by atoms with Crippen LogP contribution in [0, 0.1) is 0 Å². The molecule has 0 aliphatic rings. The summed E-state index contributed by atoms with van der Waals surface area (Å²) in [7, 11) is 1.63. The lowest BCUT2D eigenvalue weighted by Crippen LogP contribution is -2.14. The second kappa shape index (κ2) is 8.95. The Bertz CT molecular complexity index is 1090. The topological polar surface area (TPSA) is 52.6 Å². The van der Waals surface area contributed by atoms with E-state index in [4.69, 9.17) is 9.47 Å². The van der Waals surface area contributed by atoms with Gasteiger partial charge in [-0.15, -0.1) is 0 Å². The van der Waals surface area contributed by atoms with Crippen LogP contribution in [-0.2, 0) is 14.9 Å². The van der Waals surface area contributed by atoms with Crippen molar-refractivity contribution in [2.45, 2.75) is 26.2 Å². The maximum Gasteiger partial charge on any atom is 0.331 e. The van der Waals surface area contributed by atoms with Gasteiger partial charge in [0.1, 0.15) is 5.75 Å². The molecule has 0 fully saturated rings. The Morgan fingerprint density at radius 3 is 2.23 bits per heavy atom. The highest BCUT2D eigenvalue weighted by molar-refractivity contribution is 5.99. The fourth-order valence-electron chi connectivity index (χ4n) is 3.06. The summed E-state index contributed by atoms with van der Waals surface area (Å²) in [5.41, 5.74) is 2.57. The summed E-state index contributed by atoms with van der Waals surface area (Å²) in [4.78, 5) is 24.3. The van der Waals surface area contributed by atoms with E-state index in [1.54, 1.807) is 25.3 Å². The minimum absolute atomic E-state index is 0.0215. The average Bonchev–Trinajstić information content (AvgIpc) is 2.75. The first-order valence-electron chi connectivity index (χ1n) is 9.83. The number of benzene rings is 3. The zero-order chi connectivity index (χ0) is 21.7. The molecule has 0 aliphatic carbocycles. The highest BCUT2D eigenvalue weighted by Gasteiger charge is 2.14. The van der Waals surface area contributed by atoms with Gasteiger partial charge in [0.05, 0.1) is 7.11 Å². The Kier molecular flexibility index (Phi) is 6.36. The molecular formula is C26H26O4. The van der Waals surface area contributed by atoms with Crippen LogP contribution in [0.2, 0.25) is 0 Å². The third kappa shape index (κ3) is 5.35. The third-order valence-electron chi connectivity index (χ3n) is 4.90. The smallest absolute Gasteiger partial charge is 0.331 e. The minimum atomic E-state index is -0.551. The number of ketones is 1. The number of carbonyl (C=O) groups is 2. The van der Waals surface area contributed by atoms with E-state index in [0.717, 1.165) is 27.6 Å². The largest absolute Gasteiger partial charge is 0.497 e. The molecule has 0 saturated carbocycles. The molecule has 4 nitrogen and oxygen atoms in total. The Morgan fingerprint density at radius 2 is 1.57 bits per heavy atom. The lowest BCUT2D eigenvalue weighted by atomic mass is 9.86. The summed E-state index contributed by atoms with van der Waals surface area (Å²) in [5.74, 6) is 0.0217. The van der Waals surface area contributed by atoms with Crippen LogP contribution in [0.15, 0.2) is 66.7 Å². The fraction of sp³-hybridized carbons (Fsp3) is 0.231. The second-order valence-corrected chi connectivity index (χ2v) is 8.16. The van der Waals surface area contributed by atoms with Crippen molar-refractivity contribution in [3.63, 3.8) is 0 Å². The summed E-state index contributed by atoms with van der Waals surface area (Å²) in [6.07, 6.45) is 3.01. The zero-order valence-corrected chi connectivity index (χ0v) is 17.8. The van der Waals surface area contributed by atoms with Crippen molar-refractivity contribution in [3.05, 3.63) is 83.4 Å². The van der Waals surface area contributed by atoms with Crippen molar-refractivity contribution < 1.29 is 19.1 Å². The van der Waals surface area contributed by atoms with Gasteiger partial charge in [-0.2, -0.15) is 0 Å². The molecular weight excluding hydrogens is 376 g/mol. The number of rotatable bonds is 6. The summed E-state index contributed by atoms with van der Waals surface area (Å²) in [5, 5.41) is 2.09. The number of esters is 1. The predicted molar refractivity (Wildman–Crippen MR) is 120 cm³/mol. The summed E-state index contributed by atoms with van der Waals surface area (Å²) < 4.78 is 10.3. The van der Waals surface area contributed by atoms with Gasteiger partial charge in [0.25, 0.3) is 0 Å². The quantitative estimate of drug-likeness (QED) is 0.307. The van der Waals surface area contributed by atoms with Crippen molar-refractivity contribution in [1.29, 1.82) is 0 Å². The molecule has 0 spiro atoms. The van der Waals surface area contributed by atoms with Gasteiger partial charge in [0.2, 0.25) is 0 Å². The molecule has 4 heteroatoms. The second-order valence-electron chi connectivity index (χ2n) is 8.16. The van der Waals surface area contributed by atoms with Crippen molar-refractivity contribution in [2.24, 2.45) is 0 Å². The molecule has 0 saturated heterocycles. The molecule has 0 heterocycles. The van der Waals surface area contributed by atoms with Crippen molar-refractivity contribution in [3.8, 4) is 5.75 Å². The van der Waals surface area contributed by atoms with Crippen LogP contribution in [0.3, 0.4) is 0 Å². The molecule has 0 aliphatic heterocycles. The van der Waals surface area contributed by atoms with E-state index in [0.29, 0.717) is 5.56 Å². The van der Waals surface area contributed by atoms with Crippen LogP contribution < -0.4 is 4.74 Å². The molecule has 3 aromatic rings. The van der Waals surface area contributed by atoms with Crippen LogP contribution in [0.25, 0.3) is 16.8 Å². The van der Waals surface area contributed by atoms with Crippen LogP contribution >= 0.6 is 0 Å². The molecule has 0 atom stereocenters. The standard InChI is InChI=1S/C26H26O4/c1-26(2,3)22-11-8-19(9-12-22)24(27)17-30-25(28)14-6-18-5-7-21-16-23(29-4)13-10-20(21)15-18/h5-16H,17H2,1-4H3/b14-6+. The van der Waals surface area contributed by atoms with Crippen molar-refractivity contribution in [2.75, 3.05) is 13.7 Å². The van der Waals surface area contributed by atoms with E-state index in [9.17, 15) is 9.59 Å². The van der Waals surface area contributed by atoms with E-state index in [-0.39, 0.29) is 17.8 Å². The first-order chi connectivity index (χ1) is 14.3. The zero-order valence-electron chi connectivity index (χ0n) is 17.8. The first-order valence-corrected chi connectivity index (χ1v) is 9.83. The Labute approximate surface area is 177 Å². The summed E-state index contributed by atoms with van der Waals surface area (Å²) >= 11 is 0. The number of hydrogen-bond acceptors (Lipinski definition) is 4. The fourth-order valence-corrected chi connectivity index (χ4v) is 3.06. The first kappa shape index (κ1) is 21.3. The normalized spacial score (nSPS) is 11.6. The van der Waals surface area contributed by atoms with Gasteiger partial charge >= 0.3 is 5.97 Å². The van der Waals surface area contributed by atoms with Gasteiger partial charge in [-0.25, -0.2) is 4.79 Å². The highest BCUT2D eigenvalue weighted by Crippen LogP contribution is 2.23. The maximum atomic E-state index is 12.3. The van der Waals surface area contributed by atoms with Crippen LogP contribution in [-0.4, -0.2) is 25.5 Å². The molecule has 3 rings (SSSR count). The maximum absolute atomic E-state index is 12.3. The predicted octanol–water partition coefficient (Wildman–Crippen LogP) is 5.59. The number of hydrogen-bond donors (Lipinski definition) is 0. The molecule has 30 heavy (non-hydrogen) atoms. The van der Waals surface area contributed by atoms with Crippen LogP contribution in [0.1, 0.15) is 42.3 Å². The van der Waals surface area contributed by atoms with E-state index >= 15 is 0 Å². The molecule has 3 aromatic carbocycles. The molecule has 0 unspecified atom stereocenters. The molecule has 154 valence electrons. The number of methoxy groups -OCH3 is 1. The van der Waals surface area contributed by atoms with E-state index in [1.807, 2.05) is 48.5 Å². The van der Waals surface area contributed by atoms with Gasteiger partial charge in [-0.1, -0.05) is 63.2 Å². The minimum Gasteiger partial charge on any atom is -0.497 e. The lowest BCUT2D eigenvalue weighted by Gasteiger charge is -2.18. The third-order valence-corrected chi connectivity index (χ3v) is 4.90. The van der Waals surface area contributed by atoms with Gasteiger partial charge in [-0.3, -0.25) is 4.79 Å². The Balaban J connectivity index is 1.58. The number of carbonyl (C=O) groups excluding carboxylic acids is 2. The van der Waals surface area contributed by atoms with Gasteiger partial charge in [0, 0.05) is 11.6 Å². The van der Waals surface area contributed by atoms with Gasteiger partial charge < -0.3 is 9.47 Å². The Hall–Kier alpha value is -3.40. The Morgan fingerprint density at radius 1 is 0.900 bits per heavy atom. The van der Waals surface area contributed by atoms with Crippen LogP contribution in [0.4, 0.5) is 0 Å². The monoisotopic (exact) mass is 402 g/mol. The van der Waals surface area contributed by atoms with E-state index in [2.05, 4.69) is 20.8 Å². The lowest BCUT2D eigenvalue weighted by molar-refractivity contribution is -0.136. The molecule has 0 radical (unpaired) electrons. The summed E-state index contributed by atoms with van der Waals surface area (Å²) in [6, 6.07) is 19.1. The highest BCUT2D eigenvalue weighted by atomic mass is 16.5. The molecule has 0 aromatic heterocycles.